The summed E-state index contributed by atoms with van der Waals surface area (Å²) in [6, 6.07) is 2.48. The van der Waals surface area contributed by atoms with Crippen LogP contribution in [0.25, 0.3) is 10.9 Å². The summed E-state index contributed by atoms with van der Waals surface area (Å²) in [6.07, 6.45) is 3.70. The van der Waals surface area contributed by atoms with Gasteiger partial charge in [-0.25, -0.2) is 4.79 Å². The van der Waals surface area contributed by atoms with Crippen LogP contribution in [0.1, 0.15) is 37.7 Å². The first kappa shape index (κ1) is 33.0. The zero-order chi connectivity index (χ0) is 30.4. The number of carbonyl (C=O) groups is 4. The van der Waals surface area contributed by atoms with Gasteiger partial charge >= 0.3 is 5.97 Å². The molecular weight excluding hydrogens is 534 g/mol. The Morgan fingerprint density at radius 3 is 2.22 bits per heavy atom. The Kier molecular flexibility index (Phi) is 13.5. The average molecular weight is 576 g/mol. The van der Waals surface area contributed by atoms with Gasteiger partial charge in [0.1, 0.15) is 18.1 Å². The van der Waals surface area contributed by atoms with Gasteiger partial charge in [0.15, 0.2) is 5.96 Å². The fourth-order valence-corrected chi connectivity index (χ4v) is 4.15. The molecule has 14 N–H and O–H groups in total. The number of aromatic nitrogens is 1. The molecule has 41 heavy (non-hydrogen) atoms. The smallest absolute Gasteiger partial charge is 0.326 e. The number of aliphatic carboxylic acids is 1. The van der Waals surface area contributed by atoms with Crippen molar-refractivity contribution in [1.82, 2.24) is 20.9 Å². The Bertz CT molecular complexity index is 1200. The van der Waals surface area contributed by atoms with E-state index in [1.54, 1.807) is 6.20 Å². The van der Waals surface area contributed by atoms with Crippen molar-refractivity contribution < 1.29 is 29.4 Å². The number of hydrogen-bond donors (Lipinski definition) is 10. The van der Waals surface area contributed by atoms with Crippen LogP contribution in [-0.4, -0.2) is 88.7 Å². The molecular formula is C26H41N9O6. The number of hydrogen-bond acceptors (Lipinski definition) is 8. The minimum atomic E-state index is -1.48. The van der Waals surface area contributed by atoms with E-state index in [1.165, 1.54) is 0 Å². The number of nitrogens with two attached hydrogens (primary N) is 4. The van der Waals surface area contributed by atoms with Crippen LogP contribution in [0.2, 0.25) is 0 Å². The molecule has 0 spiro atoms. The van der Waals surface area contributed by atoms with E-state index < -0.39 is 54.5 Å². The van der Waals surface area contributed by atoms with Gasteiger partial charge in [-0.05, 0) is 43.9 Å². The largest absolute Gasteiger partial charge is 0.480 e. The first-order valence-corrected chi connectivity index (χ1v) is 13.4. The zero-order valence-corrected chi connectivity index (χ0v) is 22.8. The van der Waals surface area contributed by atoms with Crippen molar-refractivity contribution in [3.63, 3.8) is 0 Å². The Labute approximate surface area is 237 Å². The molecule has 226 valence electrons. The van der Waals surface area contributed by atoms with Gasteiger partial charge in [-0.2, -0.15) is 0 Å². The highest BCUT2D eigenvalue weighted by molar-refractivity contribution is 5.94. The van der Waals surface area contributed by atoms with Crippen molar-refractivity contribution in [3.05, 3.63) is 36.0 Å². The van der Waals surface area contributed by atoms with Crippen LogP contribution < -0.4 is 38.9 Å². The summed E-state index contributed by atoms with van der Waals surface area (Å²) in [5, 5.41) is 27.7. The second-order valence-electron chi connectivity index (χ2n) is 9.61. The molecule has 4 atom stereocenters. The van der Waals surface area contributed by atoms with Gasteiger partial charge in [0.05, 0.1) is 12.6 Å². The van der Waals surface area contributed by atoms with E-state index in [-0.39, 0.29) is 25.3 Å². The third-order valence-electron chi connectivity index (χ3n) is 6.41. The molecule has 0 aliphatic carbocycles. The van der Waals surface area contributed by atoms with Crippen molar-refractivity contribution >= 4 is 40.6 Å². The molecule has 2 aromatic rings. The van der Waals surface area contributed by atoms with Gasteiger partial charge in [-0.3, -0.25) is 19.4 Å². The van der Waals surface area contributed by atoms with Gasteiger partial charge in [-0.1, -0.05) is 24.6 Å². The summed E-state index contributed by atoms with van der Waals surface area (Å²) in [7, 11) is 0. The van der Waals surface area contributed by atoms with Crippen LogP contribution in [0, 0.1) is 0 Å². The summed E-state index contributed by atoms with van der Waals surface area (Å²) in [5.74, 6) is -3.67. The van der Waals surface area contributed by atoms with Crippen LogP contribution in [0.5, 0.6) is 0 Å². The fraction of sp³-hybridized carbons (Fsp3) is 0.500. The number of aliphatic hydroxyl groups excluding tert-OH is 1. The number of para-hydroxylation sites is 1. The van der Waals surface area contributed by atoms with E-state index in [2.05, 4.69) is 25.9 Å². The van der Waals surface area contributed by atoms with Crippen LogP contribution in [0.4, 0.5) is 0 Å². The summed E-state index contributed by atoms with van der Waals surface area (Å²) in [5.41, 5.74) is 23.6. The number of rotatable bonds is 18. The molecule has 0 radical (unpaired) electrons. The van der Waals surface area contributed by atoms with E-state index in [1.807, 2.05) is 24.3 Å². The molecule has 1 aromatic carbocycles. The van der Waals surface area contributed by atoms with Crippen LogP contribution in [0.3, 0.4) is 0 Å². The van der Waals surface area contributed by atoms with E-state index in [9.17, 15) is 29.4 Å². The number of aromatic amines is 1. The van der Waals surface area contributed by atoms with E-state index in [0.717, 1.165) is 10.9 Å². The lowest BCUT2D eigenvalue weighted by molar-refractivity contribution is -0.142. The third-order valence-corrected chi connectivity index (χ3v) is 6.41. The van der Waals surface area contributed by atoms with Crippen molar-refractivity contribution in [3.8, 4) is 0 Å². The topological polar surface area (TPSA) is 277 Å². The van der Waals surface area contributed by atoms with E-state index >= 15 is 0 Å². The molecule has 0 saturated carbocycles. The lowest BCUT2D eigenvalue weighted by Crippen LogP contribution is -2.58. The Morgan fingerprint density at radius 2 is 1.56 bits per heavy atom. The fourth-order valence-electron chi connectivity index (χ4n) is 4.15. The molecule has 0 bridgehead atoms. The molecule has 4 unspecified atom stereocenters. The summed E-state index contributed by atoms with van der Waals surface area (Å²) < 4.78 is 0. The number of nitrogens with one attached hydrogen (secondary N) is 4. The SMILES string of the molecule is NCCCCC(N)C(=O)NC(CCCN=C(N)N)C(=O)NC(CO)C(=O)NC(Cc1c[nH]c2ccccc12)C(=O)O. The molecule has 2 rings (SSSR count). The van der Waals surface area contributed by atoms with Gasteiger partial charge in [0.2, 0.25) is 17.7 Å². The van der Waals surface area contributed by atoms with Crippen molar-refractivity contribution in [2.75, 3.05) is 19.7 Å². The Hall–Kier alpha value is -4.21. The minimum absolute atomic E-state index is 0.0390. The molecule has 0 fully saturated rings. The number of amides is 3. The van der Waals surface area contributed by atoms with Gasteiger partial charge < -0.3 is 54.1 Å². The molecule has 0 saturated heterocycles. The number of fused-ring (bicyclic) bond motifs is 1. The number of carbonyl (C=O) groups excluding carboxylic acids is 3. The maximum Gasteiger partial charge on any atom is 0.326 e. The van der Waals surface area contributed by atoms with E-state index in [0.29, 0.717) is 37.8 Å². The normalized spacial score (nSPS) is 13.9. The average Bonchev–Trinajstić information content (AvgIpc) is 3.35. The highest BCUT2D eigenvalue weighted by Crippen LogP contribution is 2.19. The number of carboxylic acid groups (broad SMARTS) is 1. The number of nitrogens with zero attached hydrogens (tertiary/aromatic N) is 1. The number of benzene rings is 1. The molecule has 15 nitrogen and oxygen atoms in total. The number of H-pyrrole nitrogens is 1. The monoisotopic (exact) mass is 575 g/mol. The van der Waals surface area contributed by atoms with Gasteiger partial charge in [-0.15, -0.1) is 0 Å². The molecule has 1 heterocycles. The number of aliphatic imine (C=N–C) groups is 1. The van der Waals surface area contributed by atoms with E-state index in [4.69, 9.17) is 22.9 Å². The first-order valence-electron chi connectivity index (χ1n) is 13.4. The van der Waals surface area contributed by atoms with Crippen molar-refractivity contribution in [1.29, 1.82) is 0 Å². The molecule has 3 amide bonds. The number of unbranched alkanes of at least 4 members (excludes halogenated alkanes) is 1. The summed E-state index contributed by atoms with van der Waals surface area (Å²) >= 11 is 0. The molecule has 1 aromatic heterocycles. The number of carboxylic acids is 1. The van der Waals surface area contributed by atoms with Crippen LogP contribution in [-0.2, 0) is 25.6 Å². The Balaban J connectivity index is 2.08. The molecule has 0 aliphatic heterocycles. The van der Waals surface area contributed by atoms with Gasteiger partial charge in [0, 0.05) is 30.1 Å². The van der Waals surface area contributed by atoms with Crippen LogP contribution in [0.15, 0.2) is 35.5 Å². The zero-order valence-electron chi connectivity index (χ0n) is 22.8. The maximum atomic E-state index is 13.1. The summed E-state index contributed by atoms with van der Waals surface area (Å²) in [6.45, 7) is -0.174. The summed E-state index contributed by atoms with van der Waals surface area (Å²) in [4.78, 5) is 57.5. The minimum Gasteiger partial charge on any atom is -0.480 e. The quantitative estimate of drug-likeness (QED) is 0.0518. The lowest BCUT2D eigenvalue weighted by Gasteiger charge is -2.24. The Morgan fingerprint density at radius 1 is 0.902 bits per heavy atom. The highest BCUT2D eigenvalue weighted by atomic mass is 16.4. The lowest BCUT2D eigenvalue weighted by atomic mass is 10.0. The third kappa shape index (κ3) is 10.7. The highest BCUT2D eigenvalue weighted by Gasteiger charge is 2.30. The standard InChI is InChI=1S/C26H41N9O6/c27-10-4-3-7-17(28)22(37)33-19(9-5-11-31-26(29)30)23(38)35-21(14-36)24(39)34-20(25(40)41)12-15-13-32-18-8-2-1-6-16(15)18/h1-2,6,8,13,17,19-21,32,36H,3-5,7,9-12,14,27-28H2,(H,33,37)(H,34,39)(H,35,38)(H,40,41)(H4,29,30,31). The predicted molar refractivity (Wildman–Crippen MR) is 153 cm³/mol. The predicted octanol–water partition coefficient (Wildman–Crippen LogP) is -2.25. The van der Waals surface area contributed by atoms with Crippen molar-refractivity contribution in [2.24, 2.45) is 27.9 Å². The van der Waals surface area contributed by atoms with Gasteiger partial charge in [0.25, 0.3) is 0 Å². The second-order valence-corrected chi connectivity index (χ2v) is 9.61. The molecule has 0 aliphatic rings. The maximum absolute atomic E-state index is 13.1. The molecule has 15 heteroatoms. The second kappa shape index (κ2) is 16.8. The van der Waals surface area contributed by atoms with Crippen molar-refractivity contribution in [2.45, 2.75) is 62.7 Å². The van der Waals surface area contributed by atoms with Crippen LogP contribution >= 0.6 is 0 Å². The first-order chi connectivity index (χ1) is 19.6. The number of guanidine groups is 1. The number of aliphatic hydroxyl groups is 1.